The number of benzene rings is 1. The van der Waals surface area contributed by atoms with E-state index in [4.69, 9.17) is 5.73 Å². The SMILES string of the molecule is Cc1c(-c2nonc2N)nn2cnc(Nc3cccc(O)c3)cc12. The summed E-state index contributed by atoms with van der Waals surface area (Å²) in [5, 5.41) is 24.5. The number of aromatic hydroxyl groups is 1. The second kappa shape index (κ2) is 5.23. The van der Waals surface area contributed by atoms with Gasteiger partial charge in [0.25, 0.3) is 0 Å². The fourth-order valence-corrected chi connectivity index (χ4v) is 2.46. The van der Waals surface area contributed by atoms with Gasteiger partial charge in [-0.25, -0.2) is 14.1 Å². The van der Waals surface area contributed by atoms with E-state index in [1.54, 1.807) is 29.0 Å². The average Bonchev–Trinajstić information content (AvgIpc) is 3.11. The minimum Gasteiger partial charge on any atom is -0.508 e. The van der Waals surface area contributed by atoms with Gasteiger partial charge in [-0.1, -0.05) is 6.07 Å². The standard InChI is InChI=1S/C15H13N7O2/c1-8-11-6-12(18-9-3-2-4-10(23)5-9)17-7-22(11)19-13(8)14-15(16)21-24-20-14/h2-7,18,23H,1H3,(H2,16,21). The zero-order valence-electron chi connectivity index (χ0n) is 12.6. The third-order valence-corrected chi connectivity index (χ3v) is 3.63. The molecule has 0 amide bonds. The molecule has 0 saturated heterocycles. The Morgan fingerprint density at radius 2 is 2.08 bits per heavy atom. The maximum atomic E-state index is 9.53. The Hall–Kier alpha value is -3.62. The summed E-state index contributed by atoms with van der Waals surface area (Å²) in [6.07, 6.45) is 1.58. The van der Waals surface area contributed by atoms with Gasteiger partial charge in [-0.15, -0.1) is 0 Å². The Kier molecular flexibility index (Phi) is 3.05. The third-order valence-electron chi connectivity index (χ3n) is 3.63. The molecule has 0 fully saturated rings. The van der Waals surface area contributed by atoms with Crippen molar-refractivity contribution in [1.29, 1.82) is 0 Å². The lowest BCUT2D eigenvalue weighted by Crippen LogP contribution is -1.96. The van der Waals surface area contributed by atoms with E-state index in [1.165, 1.54) is 0 Å². The predicted octanol–water partition coefficient (Wildman–Crippen LogP) is 2.12. The molecule has 3 aromatic heterocycles. The lowest BCUT2D eigenvalue weighted by atomic mass is 10.2. The van der Waals surface area contributed by atoms with Gasteiger partial charge < -0.3 is 16.2 Å². The number of aromatic nitrogens is 5. The summed E-state index contributed by atoms with van der Waals surface area (Å²) in [6, 6.07) is 8.65. The maximum Gasteiger partial charge on any atom is 0.198 e. The highest BCUT2D eigenvalue weighted by atomic mass is 16.6. The fourth-order valence-electron chi connectivity index (χ4n) is 2.46. The Balaban J connectivity index is 1.76. The van der Waals surface area contributed by atoms with Crippen LogP contribution in [0, 0.1) is 6.92 Å². The summed E-state index contributed by atoms with van der Waals surface area (Å²) in [7, 11) is 0. The summed E-state index contributed by atoms with van der Waals surface area (Å²) in [5.74, 6) is 0.986. The van der Waals surface area contributed by atoms with Gasteiger partial charge in [0, 0.05) is 23.4 Å². The number of aryl methyl sites for hydroxylation is 1. The zero-order valence-corrected chi connectivity index (χ0v) is 12.6. The van der Waals surface area contributed by atoms with Crippen LogP contribution in [0.1, 0.15) is 5.56 Å². The third kappa shape index (κ3) is 2.28. The van der Waals surface area contributed by atoms with Gasteiger partial charge in [-0.05, 0) is 29.4 Å². The smallest absolute Gasteiger partial charge is 0.198 e. The number of fused-ring (bicyclic) bond motifs is 1. The molecule has 9 nitrogen and oxygen atoms in total. The number of anilines is 3. The summed E-state index contributed by atoms with van der Waals surface area (Å²) >= 11 is 0. The average molecular weight is 323 g/mol. The molecular weight excluding hydrogens is 310 g/mol. The first-order valence-electron chi connectivity index (χ1n) is 7.11. The highest BCUT2D eigenvalue weighted by Gasteiger charge is 2.18. The number of hydrogen-bond donors (Lipinski definition) is 3. The first kappa shape index (κ1) is 14.0. The van der Waals surface area contributed by atoms with Gasteiger partial charge in [0.05, 0.1) is 5.52 Å². The molecule has 0 aliphatic carbocycles. The van der Waals surface area contributed by atoms with Crippen molar-refractivity contribution in [3.63, 3.8) is 0 Å². The second-order valence-electron chi connectivity index (χ2n) is 5.25. The number of nitrogens with one attached hydrogen (secondary N) is 1. The van der Waals surface area contributed by atoms with Crippen molar-refractivity contribution in [2.75, 3.05) is 11.1 Å². The minimum absolute atomic E-state index is 0.179. The number of nitrogens with zero attached hydrogens (tertiary/aromatic N) is 5. The van der Waals surface area contributed by atoms with E-state index in [0.29, 0.717) is 17.2 Å². The second-order valence-corrected chi connectivity index (χ2v) is 5.25. The van der Waals surface area contributed by atoms with Crippen LogP contribution < -0.4 is 11.1 Å². The van der Waals surface area contributed by atoms with Crippen LogP contribution >= 0.6 is 0 Å². The summed E-state index contributed by atoms with van der Waals surface area (Å²) in [4.78, 5) is 4.31. The molecule has 0 bridgehead atoms. The molecular formula is C15H13N7O2. The van der Waals surface area contributed by atoms with Crippen molar-refractivity contribution in [2.45, 2.75) is 6.92 Å². The molecule has 4 aromatic rings. The number of hydrogen-bond acceptors (Lipinski definition) is 8. The molecule has 3 heterocycles. The fraction of sp³-hybridized carbons (Fsp3) is 0.0667. The van der Waals surface area contributed by atoms with Crippen molar-refractivity contribution in [1.82, 2.24) is 24.9 Å². The molecule has 0 unspecified atom stereocenters. The number of rotatable bonds is 3. The van der Waals surface area contributed by atoms with Crippen molar-refractivity contribution in [2.24, 2.45) is 0 Å². The number of nitrogens with two attached hydrogens (primary N) is 1. The molecule has 0 spiro atoms. The van der Waals surface area contributed by atoms with Crippen LogP contribution in [0.3, 0.4) is 0 Å². The van der Waals surface area contributed by atoms with E-state index in [9.17, 15) is 5.11 Å². The Morgan fingerprint density at radius 1 is 1.21 bits per heavy atom. The van der Waals surface area contributed by atoms with Gasteiger partial charge in [0.2, 0.25) is 0 Å². The van der Waals surface area contributed by atoms with Crippen LogP contribution in [-0.4, -0.2) is 30.0 Å². The monoisotopic (exact) mass is 323 g/mol. The van der Waals surface area contributed by atoms with Gasteiger partial charge in [0.15, 0.2) is 11.5 Å². The Bertz CT molecular complexity index is 1040. The Labute approximate surface area is 135 Å². The first-order chi connectivity index (χ1) is 11.6. The van der Waals surface area contributed by atoms with Gasteiger partial charge in [0.1, 0.15) is 23.6 Å². The van der Waals surface area contributed by atoms with E-state index in [1.807, 2.05) is 19.1 Å². The van der Waals surface area contributed by atoms with Crippen LogP contribution in [0.25, 0.3) is 16.9 Å². The molecule has 1 aromatic carbocycles. The summed E-state index contributed by atoms with van der Waals surface area (Å²) in [5.41, 5.74) is 9.17. The molecule has 0 radical (unpaired) electrons. The highest BCUT2D eigenvalue weighted by Crippen LogP contribution is 2.28. The molecule has 0 aliphatic rings. The van der Waals surface area contributed by atoms with E-state index >= 15 is 0 Å². The molecule has 24 heavy (non-hydrogen) atoms. The molecule has 0 aliphatic heterocycles. The van der Waals surface area contributed by atoms with E-state index < -0.39 is 0 Å². The Morgan fingerprint density at radius 3 is 2.83 bits per heavy atom. The first-order valence-corrected chi connectivity index (χ1v) is 7.11. The van der Waals surface area contributed by atoms with Crippen LogP contribution in [0.4, 0.5) is 17.3 Å². The number of phenolic OH excluding ortho intramolecular Hbond substituents is 1. The largest absolute Gasteiger partial charge is 0.508 e. The molecule has 120 valence electrons. The van der Waals surface area contributed by atoms with Crippen LogP contribution in [-0.2, 0) is 0 Å². The maximum absolute atomic E-state index is 9.53. The molecule has 0 saturated carbocycles. The van der Waals surface area contributed by atoms with E-state index in [-0.39, 0.29) is 11.6 Å². The topological polar surface area (TPSA) is 127 Å². The van der Waals surface area contributed by atoms with Gasteiger partial charge >= 0.3 is 0 Å². The highest BCUT2D eigenvalue weighted by molar-refractivity contribution is 5.76. The van der Waals surface area contributed by atoms with Crippen molar-refractivity contribution in [3.8, 4) is 17.1 Å². The van der Waals surface area contributed by atoms with E-state index in [2.05, 4.69) is 30.3 Å². The van der Waals surface area contributed by atoms with Crippen molar-refractivity contribution >= 4 is 22.8 Å². The van der Waals surface area contributed by atoms with Crippen molar-refractivity contribution < 1.29 is 9.74 Å². The summed E-state index contributed by atoms with van der Waals surface area (Å²) < 4.78 is 6.27. The van der Waals surface area contributed by atoms with Crippen molar-refractivity contribution in [3.05, 3.63) is 42.2 Å². The number of nitrogen functional groups attached to an aromatic ring is 1. The van der Waals surface area contributed by atoms with E-state index in [0.717, 1.165) is 16.8 Å². The molecule has 4 N–H and O–H groups in total. The predicted molar refractivity (Wildman–Crippen MR) is 86.8 cm³/mol. The normalized spacial score (nSPS) is 11.0. The van der Waals surface area contributed by atoms with Gasteiger partial charge in [-0.3, -0.25) is 0 Å². The van der Waals surface area contributed by atoms with Crippen LogP contribution in [0.5, 0.6) is 5.75 Å². The quantitative estimate of drug-likeness (QED) is 0.523. The van der Waals surface area contributed by atoms with Crippen LogP contribution in [0.15, 0.2) is 41.3 Å². The molecule has 4 rings (SSSR count). The lowest BCUT2D eigenvalue weighted by molar-refractivity contribution is 0.310. The minimum atomic E-state index is 0.179. The van der Waals surface area contributed by atoms with Gasteiger partial charge in [-0.2, -0.15) is 5.10 Å². The zero-order chi connectivity index (χ0) is 16.7. The molecule has 9 heteroatoms. The lowest BCUT2D eigenvalue weighted by Gasteiger charge is -2.06. The summed E-state index contributed by atoms with van der Waals surface area (Å²) in [6.45, 7) is 1.91. The molecule has 0 atom stereocenters. The number of phenols is 1. The van der Waals surface area contributed by atoms with Crippen LogP contribution in [0.2, 0.25) is 0 Å².